The van der Waals surface area contributed by atoms with Gasteiger partial charge in [0.05, 0.1) is 12.5 Å². The number of carbonyl (C=O) groups is 2. The molecule has 6 nitrogen and oxygen atoms in total. The summed E-state index contributed by atoms with van der Waals surface area (Å²) in [5.41, 5.74) is 1.01. The number of nitrogens with zero attached hydrogens (tertiary/aromatic N) is 2. The summed E-state index contributed by atoms with van der Waals surface area (Å²) in [6.45, 7) is 2.00. The van der Waals surface area contributed by atoms with Crippen molar-refractivity contribution in [2.45, 2.75) is 18.9 Å². The van der Waals surface area contributed by atoms with Gasteiger partial charge in [0.15, 0.2) is 6.61 Å². The SMILES string of the molecule is O=C(Cc1ccccc1)N1C[C@@H]2CCN(C(=O)COc3ccc(O)cc3)[C@H]2C1. The van der Waals surface area contributed by atoms with E-state index in [1.807, 2.05) is 40.1 Å². The van der Waals surface area contributed by atoms with E-state index in [4.69, 9.17) is 4.74 Å². The van der Waals surface area contributed by atoms with Crippen LogP contribution in [0.15, 0.2) is 54.6 Å². The molecule has 2 atom stereocenters. The Morgan fingerprint density at radius 3 is 2.50 bits per heavy atom. The van der Waals surface area contributed by atoms with Crippen molar-refractivity contribution < 1.29 is 19.4 Å². The summed E-state index contributed by atoms with van der Waals surface area (Å²) in [6.07, 6.45) is 1.32. The predicted octanol–water partition coefficient (Wildman–Crippen LogP) is 2.07. The first kappa shape index (κ1) is 18.3. The molecule has 2 aromatic rings. The lowest BCUT2D eigenvalue weighted by Crippen LogP contribution is -2.43. The molecule has 2 saturated heterocycles. The fourth-order valence-electron chi connectivity index (χ4n) is 4.13. The lowest BCUT2D eigenvalue weighted by molar-refractivity contribution is -0.135. The number of phenolic OH excluding ortho intramolecular Hbond substituents is 1. The normalized spacial score (nSPS) is 20.9. The number of phenols is 1. The second-order valence-corrected chi connectivity index (χ2v) is 7.45. The van der Waals surface area contributed by atoms with Crippen LogP contribution in [0.3, 0.4) is 0 Å². The largest absolute Gasteiger partial charge is 0.508 e. The standard InChI is InChI=1S/C22H24N2O4/c25-18-6-8-19(9-7-18)28-15-22(27)24-11-10-17-13-23(14-20(17)24)21(26)12-16-4-2-1-3-5-16/h1-9,17,20,25H,10-15H2/t17-,20-/m0/s1. The maximum Gasteiger partial charge on any atom is 0.260 e. The van der Waals surface area contributed by atoms with Crippen LogP contribution in [0.25, 0.3) is 0 Å². The molecule has 0 radical (unpaired) electrons. The molecule has 2 aliphatic heterocycles. The van der Waals surface area contributed by atoms with Gasteiger partial charge in [-0.25, -0.2) is 0 Å². The molecule has 2 aromatic carbocycles. The molecule has 0 spiro atoms. The summed E-state index contributed by atoms with van der Waals surface area (Å²) >= 11 is 0. The van der Waals surface area contributed by atoms with Gasteiger partial charge in [-0.15, -0.1) is 0 Å². The molecular weight excluding hydrogens is 356 g/mol. The molecule has 2 fully saturated rings. The number of benzene rings is 2. The van der Waals surface area contributed by atoms with Crippen LogP contribution >= 0.6 is 0 Å². The van der Waals surface area contributed by atoms with Gasteiger partial charge in [-0.2, -0.15) is 0 Å². The number of hydrogen-bond donors (Lipinski definition) is 1. The number of ether oxygens (including phenoxy) is 1. The average molecular weight is 380 g/mol. The van der Waals surface area contributed by atoms with Crippen molar-refractivity contribution in [2.24, 2.45) is 5.92 Å². The van der Waals surface area contributed by atoms with E-state index in [1.54, 1.807) is 12.1 Å². The third-order valence-electron chi connectivity index (χ3n) is 5.62. The van der Waals surface area contributed by atoms with E-state index in [-0.39, 0.29) is 30.2 Å². The summed E-state index contributed by atoms with van der Waals surface area (Å²) in [5, 5.41) is 9.31. The van der Waals surface area contributed by atoms with Crippen molar-refractivity contribution in [3.63, 3.8) is 0 Å². The highest BCUT2D eigenvalue weighted by Gasteiger charge is 2.44. The number of amides is 2. The number of hydrogen-bond acceptors (Lipinski definition) is 4. The lowest BCUT2D eigenvalue weighted by atomic mass is 10.1. The second kappa shape index (κ2) is 7.92. The van der Waals surface area contributed by atoms with E-state index in [0.29, 0.717) is 31.2 Å². The summed E-state index contributed by atoms with van der Waals surface area (Å²) in [6, 6.07) is 16.2. The van der Waals surface area contributed by atoms with Crippen LogP contribution in [0.4, 0.5) is 0 Å². The molecule has 0 bridgehead atoms. The van der Waals surface area contributed by atoms with Crippen LogP contribution in [0, 0.1) is 5.92 Å². The van der Waals surface area contributed by atoms with Gasteiger partial charge < -0.3 is 19.6 Å². The Hall–Kier alpha value is -3.02. The number of carbonyl (C=O) groups excluding carboxylic acids is 2. The van der Waals surface area contributed by atoms with Gasteiger partial charge in [0.25, 0.3) is 5.91 Å². The van der Waals surface area contributed by atoms with Gasteiger partial charge in [0.2, 0.25) is 5.91 Å². The number of aromatic hydroxyl groups is 1. The van der Waals surface area contributed by atoms with Gasteiger partial charge in [-0.3, -0.25) is 9.59 Å². The van der Waals surface area contributed by atoms with Crippen molar-refractivity contribution in [3.8, 4) is 11.5 Å². The van der Waals surface area contributed by atoms with E-state index in [0.717, 1.165) is 18.5 Å². The van der Waals surface area contributed by atoms with Gasteiger partial charge in [0.1, 0.15) is 11.5 Å². The summed E-state index contributed by atoms with van der Waals surface area (Å²) < 4.78 is 5.55. The zero-order valence-corrected chi connectivity index (χ0v) is 15.7. The van der Waals surface area contributed by atoms with Crippen molar-refractivity contribution >= 4 is 11.8 Å². The molecule has 146 valence electrons. The molecule has 0 unspecified atom stereocenters. The van der Waals surface area contributed by atoms with Crippen LogP contribution in [-0.4, -0.2) is 59.0 Å². The van der Waals surface area contributed by atoms with Crippen LogP contribution in [-0.2, 0) is 16.0 Å². The molecular formula is C22H24N2O4. The number of likely N-dealkylation sites (tertiary alicyclic amines) is 2. The van der Waals surface area contributed by atoms with Crippen molar-refractivity contribution in [1.82, 2.24) is 9.80 Å². The zero-order valence-electron chi connectivity index (χ0n) is 15.7. The Morgan fingerprint density at radius 2 is 1.75 bits per heavy atom. The van der Waals surface area contributed by atoms with Gasteiger partial charge in [-0.05, 0) is 36.2 Å². The summed E-state index contributed by atoms with van der Waals surface area (Å²) in [7, 11) is 0. The Bertz CT molecular complexity index is 837. The molecule has 0 aliphatic carbocycles. The number of fused-ring (bicyclic) bond motifs is 1. The Morgan fingerprint density at radius 1 is 1.00 bits per heavy atom. The van der Waals surface area contributed by atoms with Gasteiger partial charge >= 0.3 is 0 Å². The predicted molar refractivity (Wildman–Crippen MR) is 104 cm³/mol. The second-order valence-electron chi connectivity index (χ2n) is 7.45. The van der Waals surface area contributed by atoms with Crippen LogP contribution in [0.1, 0.15) is 12.0 Å². The fourth-order valence-corrected chi connectivity index (χ4v) is 4.13. The van der Waals surface area contributed by atoms with E-state index >= 15 is 0 Å². The highest BCUT2D eigenvalue weighted by Crippen LogP contribution is 2.32. The van der Waals surface area contributed by atoms with E-state index < -0.39 is 0 Å². The minimum absolute atomic E-state index is 0.0358. The molecule has 2 aliphatic rings. The van der Waals surface area contributed by atoms with Crippen LogP contribution < -0.4 is 4.74 Å². The Balaban J connectivity index is 1.32. The molecule has 0 saturated carbocycles. The van der Waals surface area contributed by atoms with Crippen molar-refractivity contribution in [1.29, 1.82) is 0 Å². The Kier molecular flexibility index (Phi) is 5.19. The first-order chi connectivity index (χ1) is 13.6. The summed E-state index contributed by atoms with van der Waals surface area (Å²) in [4.78, 5) is 29.0. The highest BCUT2D eigenvalue weighted by atomic mass is 16.5. The van der Waals surface area contributed by atoms with Crippen LogP contribution in [0.2, 0.25) is 0 Å². The third kappa shape index (κ3) is 3.96. The zero-order chi connectivity index (χ0) is 19.5. The van der Waals surface area contributed by atoms with Gasteiger partial charge in [-0.1, -0.05) is 30.3 Å². The van der Waals surface area contributed by atoms with Crippen LogP contribution in [0.5, 0.6) is 11.5 Å². The van der Waals surface area contributed by atoms with Crippen molar-refractivity contribution in [3.05, 3.63) is 60.2 Å². The maximum absolute atomic E-state index is 12.6. The first-order valence-corrected chi connectivity index (χ1v) is 9.63. The lowest BCUT2D eigenvalue weighted by Gasteiger charge is -2.25. The fraction of sp³-hybridized carbons (Fsp3) is 0.364. The first-order valence-electron chi connectivity index (χ1n) is 9.63. The minimum atomic E-state index is -0.0575. The maximum atomic E-state index is 12.6. The quantitative estimate of drug-likeness (QED) is 0.862. The molecule has 2 amide bonds. The molecule has 6 heteroatoms. The van der Waals surface area contributed by atoms with Gasteiger partial charge in [0, 0.05) is 25.6 Å². The van der Waals surface area contributed by atoms with E-state index in [2.05, 4.69) is 0 Å². The molecule has 0 aromatic heterocycles. The van der Waals surface area contributed by atoms with Crippen molar-refractivity contribution in [2.75, 3.05) is 26.2 Å². The third-order valence-corrected chi connectivity index (χ3v) is 5.62. The highest BCUT2D eigenvalue weighted by molar-refractivity contribution is 5.81. The smallest absolute Gasteiger partial charge is 0.260 e. The number of rotatable bonds is 5. The molecule has 4 rings (SSSR count). The van der Waals surface area contributed by atoms with E-state index in [1.165, 1.54) is 12.1 Å². The molecule has 2 heterocycles. The molecule has 28 heavy (non-hydrogen) atoms. The average Bonchev–Trinajstić information content (AvgIpc) is 3.29. The van der Waals surface area contributed by atoms with E-state index in [9.17, 15) is 14.7 Å². The Labute approximate surface area is 164 Å². The minimum Gasteiger partial charge on any atom is -0.508 e. The summed E-state index contributed by atoms with van der Waals surface area (Å²) in [5.74, 6) is 1.11. The monoisotopic (exact) mass is 380 g/mol. The topological polar surface area (TPSA) is 70.1 Å². The molecule has 1 N–H and O–H groups in total.